The first kappa shape index (κ1) is 17.2. The van der Waals surface area contributed by atoms with Crippen LogP contribution in [0, 0.1) is 0 Å². The van der Waals surface area contributed by atoms with Crippen LogP contribution in [0.3, 0.4) is 0 Å². The summed E-state index contributed by atoms with van der Waals surface area (Å²) in [4.78, 5) is 10.3. The van der Waals surface area contributed by atoms with Crippen LogP contribution in [0.5, 0.6) is 5.75 Å². The fourth-order valence-electron chi connectivity index (χ4n) is 4.38. The number of anilines is 1. The number of aromatic nitrogens is 4. The summed E-state index contributed by atoms with van der Waals surface area (Å²) in [7, 11) is 1.82. The Morgan fingerprint density at radius 1 is 1.18 bits per heavy atom. The number of rotatable bonds is 3. The molecule has 2 aliphatic rings. The SMILES string of the molecule is CN(c1ncc(-c2cc3ccncc3cc2O)nn1)[C@H]1CC2CCC(N2)[C@@H]1F. The van der Waals surface area contributed by atoms with E-state index in [2.05, 4.69) is 25.5 Å². The summed E-state index contributed by atoms with van der Waals surface area (Å²) in [5.41, 5.74) is 1.02. The Morgan fingerprint density at radius 2 is 2.07 bits per heavy atom. The smallest absolute Gasteiger partial charge is 0.245 e. The van der Waals surface area contributed by atoms with Gasteiger partial charge >= 0.3 is 0 Å². The quantitative estimate of drug-likeness (QED) is 0.722. The molecule has 2 bridgehead atoms. The Bertz CT molecular complexity index is 1010. The van der Waals surface area contributed by atoms with Gasteiger partial charge in [0.1, 0.15) is 17.6 Å². The van der Waals surface area contributed by atoms with E-state index in [4.69, 9.17) is 0 Å². The van der Waals surface area contributed by atoms with Gasteiger partial charge in [0.2, 0.25) is 5.95 Å². The van der Waals surface area contributed by atoms with Crippen LogP contribution in [-0.2, 0) is 0 Å². The zero-order valence-electron chi connectivity index (χ0n) is 15.5. The number of aromatic hydroxyl groups is 1. The molecule has 0 spiro atoms. The molecule has 1 aromatic carbocycles. The number of nitrogens with one attached hydrogen (secondary N) is 1. The Kier molecular flexibility index (Phi) is 4.08. The van der Waals surface area contributed by atoms with E-state index >= 15 is 0 Å². The molecule has 2 unspecified atom stereocenters. The third-order valence-corrected chi connectivity index (χ3v) is 5.95. The van der Waals surface area contributed by atoms with E-state index < -0.39 is 6.17 Å². The van der Waals surface area contributed by atoms with Gasteiger partial charge in [0.15, 0.2) is 0 Å². The van der Waals surface area contributed by atoms with E-state index in [1.54, 1.807) is 29.6 Å². The number of piperidine rings is 1. The number of hydrogen-bond acceptors (Lipinski definition) is 7. The molecular weight excluding hydrogens is 359 g/mol. The van der Waals surface area contributed by atoms with Crippen molar-refractivity contribution in [1.29, 1.82) is 0 Å². The second-order valence-electron chi connectivity index (χ2n) is 7.64. The molecule has 2 saturated heterocycles. The van der Waals surface area contributed by atoms with Crippen LogP contribution in [0.1, 0.15) is 19.3 Å². The van der Waals surface area contributed by atoms with Gasteiger partial charge < -0.3 is 15.3 Å². The van der Waals surface area contributed by atoms with E-state index in [-0.39, 0.29) is 17.8 Å². The maximum absolute atomic E-state index is 14.8. The van der Waals surface area contributed by atoms with Gasteiger partial charge in [-0.2, -0.15) is 0 Å². The summed E-state index contributed by atoms with van der Waals surface area (Å²) in [5.74, 6) is 0.485. The van der Waals surface area contributed by atoms with Crippen molar-refractivity contribution in [2.75, 3.05) is 11.9 Å². The van der Waals surface area contributed by atoms with Gasteiger partial charge in [-0.1, -0.05) is 0 Å². The van der Waals surface area contributed by atoms with Crippen molar-refractivity contribution < 1.29 is 9.50 Å². The molecule has 8 heteroatoms. The summed E-state index contributed by atoms with van der Waals surface area (Å²) >= 11 is 0. The minimum absolute atomic E-state index is 0.0810. The molecular formula is C20H21FN6O. The Labute approximate surface area is 161 Å². The minimum atomic E-state index is -0.954. The van der Waals surface area contributed by atoms with Crippen molar-refractivity contribution in [1.82, 2.24) is 25.5 Å². The largest absolute Gasteiger partial charge is 0.507 e. The molecule has 0 aliphatic carbocycles. The molecule has 0 saturated carbocycles. The standard InChI is InChI=1S/C20H21FN6O/c1-27(17-8-13-2-3-15(24-13)19(17)21)20-23-10-16(25-26-20)14-6-11-4-5-22-9-12(11)7-18(14)28/h4-7,9-10,13,15,17,19,24,28H,2-3,8H2,1H3/t13?,15?,17-,19-/m0/s1. The first-order chi connectivity index (χ1) is 13.6. The fraction of sp³-hybridized carbons (Fsp3) is 0.400. The number of nitrogens with zero attached hydrogens (tertiary/aromatic N) is 5. The first-order valence-electron chi connectivity index (χ1n) is 9.50. The molecule has 2 N–H and O–H groups in total. The van der Waals surface area contributed by atoms with Crippen molar-refractivity contribution in [3.05, 3.63) is 36.8 Å². The number of pyridine rings is 1. The predicted molar refractivity (Wildman–Crippen MR) is 104 cm³/mol. The van der Waals surface area contributed by atoms with Crippen molar-refractivity contribution >= 4 is 16.7 Å². The molecule has 2 aliphatic heterocycles. The molecule has 5 rings (SSSR count). The lowest BCUT2D eigenvalue weighted by molar-refractivity contribution is 0.175. The Hall–Kier alpha value is -2.87. The van der Waals surface area contributed by atoms with Crippen LogP contribution >= 0.6 is 0 Å². The van der Waals surface area contributed by atoms with E-state index in [0.29, 0.717) is 23.2 Å². The van der Waals surface area contributed by atoms with E-state index in [1.165, 1.54) is 0 Å². The maximum atomic E-state index is 14.8. The lowest BCUT2D eigenvalue weighted by Crippen LogP contribution is -2.55. The number of phenols is 1. The highest BCUT2D eigenvalue weighted by Gasteiger charge is 2.44. The molecule has 28 heavy (non-hydrogen) atoms. The van der Waals surface area contributed by atoms with Crippen LogP contribution in [0.15, 0.2) is 36.8 Å². The minimum Gasteiger partial charge on any atom is -0.507 e. The van der Waals surface area contributed by atoms with Crippen LogP contribution in [0.2, 0.25) is 0 Å². The van der Waals surface area contributed by atoms with Gasteiger partial charge in [-0.25, -0.2) is 9.37 Å². The van der Waals surface area contributed by atoms with Gasteiger partial charge in [0, 0.05) is 42.5 Å². The number of halogens is 1. The molecule has 4 atom stereocenters. The lowest BCUT2D eigenvalue weighted by atomic mass is 9.97. The van der Waals surface area contributed by atoms with Crippen molar-refractivity contribution in [2.24, 2.45) is 0 Å². The molecule has 4 heterocycles. The normalized spacial score (nSPS) is 26.5. The predicted octanol–water partition coefficient (Wildman–Crippen LogP) is 2.46. The van der Waals surface area contributed by atoms with Gasteiger partial charge in [0.25, 0.3) is 0 Å². The Balaban J connectivity index is 1.42. The van der Waals surface area contributed by atoms with Crippen LogP contribution in [0.25, 0.3) is 22.0 Å². The molecule has 2 fully saturated rings. The van der Waals surface area contributed by atoms with Crippen LogP contribution in [0.4, 0.5) is 10.3 Å². The molecule has 7 nitrogen and oxygen atoms in total. The van der Waals surface area contributed by atoms with E-state index in [0.717, 1.165) is 30.0 Å². The number of fused-ring (bicyclic) bond motifs is 3. The highest BCUT2D eigenvalue weighted by atomic mass is 19.1. The van der Waals surface area contributed by atoms with Crippen molar-refractivity contribution in [3.8, 4) is 17.0 Å². The molecule has 0 radical (unpaired) electrons. The third kappa shape index (κ3) is 2.84. The van der Waals surface area contributed by atoms with Gasteiger partial charge in [-0.15, -0.1) is 10.2 Å². The average molecular weight is 380 g/mol. The molecule has 144 valence electrons. The first-order valence-corrected chi connectivity index (χ1v) is 9.50. The second kappa shape index (κ2) is 6.63. The Morgan fingerprint density at radius 3 is 2.89 bits per heavy atom. The van der Waals surface area contributed by atoms with E-state index in [1.807, 2.05) is 19.2 Å². The molecule has 2 aromatic heterocycles. The number of alkyl halides is 1. The van der Waals surface area contributed by atoms with Crippen molar-refractivity contribution in [2.45, 2.75) is 43.6 Å². The van der Waals surface area contributed by atoms with Crippen LogP contribution < -0.4 is 10.2 Å². The third-order valence-electron chi connectivity index (χ3n) is 5.95. The van der Waals surface area contributed by atoms with Crippen molar-refractivity contribution in [3.63, 3.8) is 0 Å². The zero-order chi connectivity index (χ0) is 19.3. The van der Waals surface area contributed by atoms with E-state index in [9.17, 15) is 9.50 Å². The summed E-state index contributed by atoms with van der Waals surface area (Å²) in [5, 5.41) is 23.9. The lowest BCUT2D eigenvalue weighted by Gasteiger charge is -2.38. The zero-order valence-corrected chi connectivity index (χ0v) is 15.5. The molecule has 3 aromatic rings. The molecule has 0 amide bonds. The fourth-order valence-corrected chi connectivity index (χ4v) is 4.38. The second-order valence-corrected chi connectivity index (χ2v) is 7.64. The number of benzene rings is 1. The summed E-state index contributed by atoms with van der Waals surface area (Å²) in [6, 6.07) is 5.38. The monoisotopic (exact) mass is 380 g/mol. The van der Waals surface area contributed by atoms with Crippen LogP contribution in [-0.4, -0.2) is 56.6 Å². The average Bonchev–Trinajstić information content (AvgIpc) is 3.13. The number of hydrogen-bond donors (Lipinski definition) is 2. The highest BCUT2D eigenvalue weighted by molar-refractivity contribution is 5.89. The van der Waals surface area contributed by atoms with Gasteiger partial charge in [-0.05, 0) is 42.8 Å². The van der Waals surface area contributed by atoms with Gasteiger partial charge in [0.05, 0.1) is 12.2 Å². The number of phenolic OH excluding ortho intramolecular Hbond substituents is 1. The summed E-state index contributed by atoms with van der Waals surface area (Å²) in [6.07, 6.45) is 6.65. The highest BCUT2D eigenvalue weighted by Crippen LogP contribution is 2.34. The summed E-state index contributed by atoms with van der Waals surface area (Å²) < 4.78 is 14.8. The summed E-state index contributed by atoms with van der Waals surface area (Å²) in [6.45, 7) is 0. The maximum Gasteiger partial charge on any atom is 0.245 e. The topological polar surface area (TPSA) is 87.1 Å². The van der Waals surface area contributed by atoms with Gasteiger partial charge in [-0.3, -0.25) is 4.98 Å².